The number of piperidine rings is 1. The van der Waals surface area contributed by atoms with Crippen LogP contribution in [0.25, 0.3) is 0 Å². The predicted molar refractivity (Wildman–Crippen MR) is 73.6 cm³/mol. The Bertz CT molecular complexity index is 452. The Hall–Kier alpha value is -0.690. The highest BCUT2D eigenvalue weighted by atomic mass is 79.9. The van der Waals surface area contributed by atoms with Crippen LogP contribution in [0.1, 0.15) is 19.8 Å². The van der Waals surface area contributed by atoms with Crippen LogP contribution in [0, 0.1) is 11.8 Å². The summed E-state index contributed by atoms with van der Waals surface area (Å²) in [6.07, 6.45) is 2.40. The van der Waals surface area contributed by atoms with Crippen molar-refractivity contribution in [3.8, 4) is 0 Å². The van der Waals surface area contributed by atoms with Crippen molar-refractivity contribution in [2.24, 2.45) is 11.8 Å². The zero-order valence-corrected chi connectivity index (χ0v) is 12.5. The Kier molecular flexibility index (Phi) is 3.27. The summed E-state index contributed by atoms with van der Waals surface area (Å²) in [5, 5.41) is 12.3. The maximum atomic E-state index is 11.2. The first kappa shape index (κ1) is 12.3. The van der Waals surface area contributed by atoms with Gasteiger partial charge in [-0.1, -0.05) is 11.3 Å². The zero-order chi connectivity index (χ0) is 12.7. The van der Waals surface area contributed by atoms with Crippen LogP contribution in [0.4, 0.5) is 5.13 Å². The molecule has 1 amide bonds. The molecule has 1 saturated heterocycles. The van der Waals surface area contributed by atoms with Crippen LogP contribution in [-0.4, -0.2) is 35.2 Å². The molecule has 1 saturated carbocycles. The van der Waals surface area contributed by atoms with Crippen molar-refractivity contribution in [3.63, 3.8) is 0 Å². The van der Waals surface area contributed by atoms with Crippen LogP contribution in [-0.2, 0) is 4.79 Å². The summed E-state index contributed by atoms with van der Waals surface area (Å²) in [5.74, 6) is 1.19. The molecule has 2 aliphatic rings. The van der Waals surface area contributed by atoms with Crippen molar-refractivity contribution in [2.75, 3.05) is 18.0 Å². The molecule has 2 heterocycles. The second-order valence-corrected chi connectivity index (χ2v) is 7.30. The lowest BCUT2D eigenvalue weighted by atomic mass is 9.92. The van der Waals surface area contributed by atoms with Gasteiger partial charge in [-0.3, -0.25) is 4.79 Å². The molecule has 0 spiro atoms. The predicted octanol–water partition coefficient (Wildman–Crippen LogP) is 1.65. The Balaban J connectivity index is 1.73. The number of halogens is 1. The molecule has 1 aromatic rings. The number of anilines is 1. The molecule has 5 nitrogen and oxygen atoms in total. The lowest BCUT2D eigenvalue weighted by Crippen LogP contribution is -2.52. The second kappa shape index (κ2) is 4.77. The zero-order valence-electron chi connectivity index (χ0n) is 10.1. The van der Waals surface area contributed by atoms with Crippen LogP contribution < -0.4 is 10.2 Å². The fraction of sp³-hybridized carbons (Fsp3) is 0.727. The van der Waals surface area contributed by atoms with Crippen molar-refractivity contribution < 1.29 is 4.79 Å². The van der Waals surface area contributed by atoms with Crippen LogP contribution in [0.2, 0.25) is 0 Å². The first-order valence-electron chi connectivity index (χ1n) is 6.14. The highest BCUT2D eigenvalue weighted by Crippen LogP contribution is 2.39. The first-order chi connectivity index (χ1) is 8.63. The third-order valence-corrected chi connectivity index (χ3v) is 5.28. The van der Waals surface area contributed by atoms with Gasteiger partial charge < -0.3 is 10.2 Å². The van der Waals surface area contributed by atoms with Gasteiger partial charge in [0.1, 0.15) is 0 Å². The number of aromatic nitrogens is 2. The van der Waals surface area contributed by atoms with Crippen LogP contribution >= 0.6 is 27.3 Å². The maximum absolute atomic E-state index is 11.2. The number of hydrogen-bond donors (Lipinski definition) is 1. The summed E-state index contributed by atoms with van der Waals surface area (Å²) in [6, 6.07) is 0.357. The number of nitrogens with zero attached hydrogens (tertiary/aromatic N) is 3. The normalized spacial score (nSPS) is 30.6. The first-order valence-corrected chi connectivity index (χ1v) is 7.75. The minimum absolute atomic E-state index is 0.0870. The number of hydrogen-bond acceptors (Lipinski definition) is 5. The average Bonchev–Trinajstić information content (AvgIpc) is 2.81. The number of carbonyl (C=O) groups excluding carboxylic acids is 1. The molecule has 1 aliphatic carbocycles. The summed E-state index contributed by atoms with van der Waals surface area (Å²) in [4.78, 5) is 13.5. The molecule has 98 valence electrons. The molecule has 2 bridgehead atoms. The minimum atomic E-state index is 0.0870. The largest absolute Gasteiger partial charge is 0.353 e. The number of carbonyl (C=O) groups is 1. The third kappa shape index (κ3) is 2.25. The summed E-state index contributed by atoms with van der Waals surface area (Å²) >= 11 is 4.92. The van der Waals surface area contributed by atoms with Crippen molar-refractivity contribution in [1.82, 2.24) is 15.5 Å². The molecule has 1 aliphatic heterocycles. The van der Waals surface area contributed by atoms with Crippen molar-refractivity contribution in [1.29, 1.82) is 0 Å². The van der Waals surface area contributed by atoms with Gasteiger partial charge in [-0.15, -0.1) is 10.2 Å². The van der Waals surface area contributed by atoms with E-state index in [2.05, 4.69) is 36.3 Å². The third-order valence-electron chi connectivity index (χ3n) is 3.86. The Morgan fingerprint density at radius 1 is 1.39 bits per heavy atom. The average molecular weight is 331 g/mol. The van der Waals surface area contributed by atoms with Gasteiger partial charge >= 0.3 is 0 Å². The standard InChI is InChI=1S/C11H15BrN4OS/c1-6(17)13-9-7-2-3-8(9)5-16(4-7)11-15-14-10(12)18-11/h7-9H,2-5H2,1H3,(H,13,17)/t7-,8+,9+. The smallest absolute Gasteiger partial charge is 0.217 e. The molecule has 2 fully saturated rings. The number of amides is 1. The fourth-order valence-corrected chi connectivity index (χ4v) is 4.28. The molecule has 0 unspecified atom stereocenters. The quantitative estimate of drug-likeness (QED) is 0.895. The topological polar surface area (TPSA) is 58.1 Å². The van der Waals surface area contributed by atoms with E-state index in [4.69, 9.17) is 0 Å². The molecule has 18 heavy (non-hydrogen) atoms. The van der Waals surface area contributed by atoms with Gasteiger partial charge in [0.15, 0.2) is 3.92 Å². The molecular weight excluding hydrogens is 316 g/mol. The van der Waals surface area contributed by atoms with Gasteiger partial charge in [-0.25, -0.2) is 0 Å². The molecule has 0 radical (unpaired) electrons. The van der Waals surface area contributed by atoms with Crippen LogP contribution in [0.15, 0.2) is 3.92 Å². The lowest BCUT2D eigenvalue weighted by Gasteiger charge is -2.37. The summed E-state index contributed by atoms with van der Waals surface area (Å²) in [6.45, 7) is 3.56. The van der Waals surface area contributed by atoms with Gasteiger partial charge in [-0.05, 0) is 40.6 Å². The summed E-state index contributed by atoms with van der Waals surface area (Å²) in [5.41, 5.74) is 0. The molecular formula is C11H15BrN4OS. The van der Waals surface area contributed by atoms with Crippen molar-refractivity contribution in [2.45, 2.75) is 25.8 Å². The molecule has 3 rings (SSSR count). The van der Waals surface area contributed by atoms with E-state index in [1.807, 2.05) is 0 Å². The highest BCUT2D eigenvalue weighted by Gasteiger charge is 2.43. The second-order valence-electron chi connectivity index (χ2n) is 5.07. The van der Waals surface area contributed by atoms with E-state index in [1.165, 1.54) is 12.8 Å². The Labute approximate surface area is 118 Å². The Morgan fingerprint density at radius 3 is 2.56 bits per heavy atom. The van der Waals surface area contributed by atoms with E-state index in [0.717, 1.165) is 22.1 Å². The summed E-state index contributed by atoms with van der Waals surface area (Å²) < 4.78 is 0.828. The molecule has 0 aromatic carbocycles. The molecule has 1 aromatic heterocycles. The number of rotatable bonds is 2. The maximum Gasteiger partial charge on any atom is 0.217 e. The van der Waals surface area contributed by atoms with Gasteiger partial charge in [0.25, 0.3) is 0 Å². The van der Waals surface area contributed by atoms with E-state index in [9.17, 15) is 4.79 Å². The van der Waals surface area contributed by atoms with Gasteiger partial charge in [0.05, 0.1) is 0 Å². The minimum Gasteiger partial charge on any atom is -0.353 e. The monoisotopic (exact) mass is 330 g/mol. The van der Waals surface area contributed by atoms with E-state index < -0.39 is 0 Å². The SMILES string of the molecule is CC(=O)N[C@H]1[C@@H]2CC[C@H]1CN(c1nnc(Br)s1)C2. The molecule has 3 atom stereocenters. The van der Waals surface area contributed by atoms with Crippen molar-refractivity contribution in [3.05, 3.63) is 3.92 Å². The summed E-state index contributed by atoms with van der Waals surface area (Å²) in [7, 11) is 0. The van der Waals surface area contributed by atoms with Gasteiger partial charge in [-0.2, -0.15) is 0 Å². The Morgan fingerprint density at radius 2 is 2.06 bits per heavy atom. The van der Waals surface area contributed by atoms with Crippen LogP contribution in [0.3, 0.4) is 0 Å². The lowest BCUT2D eigenvalue weighted by molar-refractivity contribution is -0.120. The van der Waals surface area contributed by atoms with E-state index in [-0.39, 0.29) is 5.91 Å². The van der Waals surface area contributed by atoms with Crippen molar-refractivity contribution >= 4 is 38.3 Å². The van der Waals surface area contributed by atoms with E-state index in [1.54, 1.807) is 18.3 Å². The van der Waals surface area contributed by atoms with Crippen LogP contribution in [0.5, 0.6) is 0 Å². The number of nitrogens with one attached hydrogen (secondary N) is 1. The van der Waals surface area contributed by atoms with Gasteiger partial charge in [0, 0.05) is 26.1 Å². The molecule has 1 N–H and O–H groups in total. The number of fused-ring (bicyclic) bond motifs is 2. The van der Waals surface area contributed by atoms with Gasteiger partial charge in [0.2, 0.25) is 11.0 Å². The molecule has 7 heteroatoms. The van der Waals surface area contributed by atoms with E-state index in [0.29, 0.717) is 17.9 Å². The van der Waals surface area contributed by atoms with E-state index >= 15 is 0 Å². The highest BCUT2D eigenvalue weighted by molar-refractivity contribution is 9.11. The fourth-order valence-electron chi connectivity index (χ4n) is 3.18.